The summed E-state index contributed by atoms with van der Waals surface area (Å²) in [5, 5.41) is 3.71. The second-order valence-electron chi connectivity index (χ2n) is 6.13. The van der Waals surface area contributed by atoms with Crippen molar-refractivity contribution in [2.24, 2.45) is 0 Å². The highest BCUT2D eigenvalue weighted by molar-refractivity contribution is 5.73. The van der Waals surface area contributed by atoms with Gasteiger partial charge in [-0.15, -0.1) is 0 Å². The van der Waals surface area contributed by atoms with Crippen LogP contribution in [0.25, 0.3) is 0 Å². The molecule has 1 saturated heterocycles. The van der Waals surface area contributed by atoms with Crippen molar-refractivity contribution >= 4 is 5.91 Å². The molecule has 0 spiro atoms. The monoisotopic (exact) mass is 288 g/mol. The summed E-state index contributed by atoms with van der Waals surface area (Å²) in [6, 6.07) is 7.36. The maximum Gasteiger partial charge on any atom is 0.219 e. The lowest BCUT2D eigenvalue weighted by Gasteiger charge is -2.33. The first kappa shape index (κ1) is 14.4. The van der Waals surface area contributed by atoms with Crippen LogP contribution in [0.1, 0.15) is 43.9 Å². The molecule has 4 nitrogen and oxygen atoms in total. The molecule has 0 bridgehead atoms. The number of fused-ring (bicyclic) bond motifs is 1. The summed E-state index contributed by atoms with van der Waals surface area (Å²) in [7, 11) is 0. The largest absolute Gasteiger partial charge is 0.493 e. The van der Waals surface area contributed by atoms with E-state index < -0.39 is 0 Å². The van der Waals surface area contributed by atoms with Gasteiger partial charge in [0.2, 0.25) is 5.91 Å². The number of nitrogens with zero attached hydrogens (tertiary/aromatic N) is 1. The molecule has 1 amide bonds. The van der Waals surface area contributed by atoms with Gasteiger partial charge in [0.15, 0.2) is 0 Å². The van der Waals surface area contributed by atoms with Gasteiger partial charge < -0.3 is 15.0 Å². The van der Waals surface area contributed by atoms with Crippen LogP contribution in [0.2, 0.25) is 0 Å². The fourth-order valence-corrected chi connectivity index (χ4v) is 3.29. The predicted molar refractivity (Wildman–Crippen MR) is 82.5 cm³/mol. The van der Waals surface area contributed by atoms with Crippen LogP contribution in [0.5, 0.6) is 5.75 Å². The minimum absolute atomic E-state index is 0.195. The summed E-state index contributed by atoms with van der Waals surface area (Å²) < 4.78 is 5.56. The lowest BCUT2D eigenvalue weighted by Crippen LogP contribution is -2.44. The first-order valence-corrected chi connectivity index (χ1v) is 7.90. The van der Waals surface area contributed by atoms with Gasteiger partial charge in [0.25, 0.3) is 0 Å². The summed E-state index contributed by atoms with van der Waals surface area (Å²) >= 11 is 0. The highest BCUT2D eigenvalue weighted by Gasteiger charge is 2.22. The number of ether oxygens (including phenoxy) is 1. The van der Waals surface area contributed by atoms with Crippen molar-refractivity contribution in [3.05, 3.63) is 29.3 Å². The Hall–Kier alpha value is -1.55. The molecule has 1 N–H and O–H groups in total. The van der Waals surface area contributed by atoms with Crippen LogP contribution in [-0.4, -0.2) is 36.5 Å². The van der Waals surface area contributed by atoms with Crippen LogP contribution in [0.15, 0.2) is 18.2 Å². The van der Waals surface area contributed by atoms with E-state index >= 15 is 0 Å². The lowest BCUT2D eigenvalue weighted by molar-refractivity contribution is -0.129. The van der Waals surface area contributed by atoms with Crippen LogP contribution in [-0.2, 0) is 11.2 Å². The summed E-state index contributed by atoms with van der Waals surface area (Å²) in [5.41, 5.74) is 2.65. The van der Waals surface area contributed by atoms with Gasteiger partial charge in [-0.2, -0.15) is 0 Å². The van der Waals surface area contributed by atoms with Gasteiger partial charge in [-0.3, -0.25) is 4.79 Å². The summed E-state index contributed by atoms with van der Waals surface area (Å²) in [6.07, 6.45) is 3.10. The van der Waals surface area contributed by atoms with E-state index in [1.165, 1.54) is 11.1 Å². The Balaban J connectivity index is 1.57. The Morgan fingerprint density at radius 2 is 2.14 bits per heavy atom. The van der Waals surface area contributed by atoms with Crippen LogP contribution in [0, 0.1) is 0 Å². The minimum Gasteiger partial charge on any atom is -0.493 e. The molecule has 0 unspecified atom stereocenters. The zero-order valence-corrected chi connectivity index (χ0v) is 12.9. The minimum atomic E-state index is 0.195. The maximum absolute atomic E-state index is 11.4. The molecule has 0 radical (unpaired) electrons. The number of carbonyl (C=O) groups is 1. The van der Waals surface area contributed by atoms with E-state index in [4.69, 9.17) is 4.74 Å². The molecular formula is C17H24N2O2. The van der Waals surface area contributed by atoms with Crippen molar-refractivity contribution in [2.45, 2.75) is 45.2 Å². The zero-order chi connectivity index (χ0) is 14.8. The molecule has 1 fully saturated rings. The van der Waals surface area contributed by atoms with Crippen molar-refractivity contribution < 1.29 is 9.53 Å². The number of carbonyl (C=O) groups excluding carboxylic acids is 1. The summed E-state index contributed by atoms with van der Waals surface area (Å²) in [4.78, 5) is 13.3. The molecule has 1 aromatic carbocycles. The Morgan fingerprint density at radius 1 is 1.38 bits per heavy atom. The third-order valence-electron chi connectivity index (χ3n) is 4.64. The molecule has 0 saturated carbocycles. The molecule has 2 aliphatic heterocycles. The molecule has 4 heteroatoms. The number of piperidine rings is 1. The third-order valence-corrected chi connectivity index (χ3v) is 4.64. The molecule has 2 aliphatic rings. The number of benzene rings is 1. The van der Waals surface area contributed by atoms with Crippen molar-refractivity contribution in [1.82, 2.24) is 10.2 Å². The Morgan fingerprint density at radius 3 is 2.86 bits per heavy atom. The Labute approximate surface area is 126 Å². The van der Waals surface area contributed by atoms with Gasteiger partial charge >= 0.3 is 0 Å². The number of hydrogen-bond acceptors (Lipinski definition) is 3. The molecule has 1 atom stereocenters. The van der Waals surface area contributed by atoms with Crippen LogP contribution in [0.4, 0.5) is 0 Å². The Bertz CT molecular complexity index is 522. The summed E-state index contributed by atoms with van der Waals surface area (Å²) in [5.74, 6) is 1.24. The van der Waals surface area contributed by atoms with Crippen molar-refractivity contribution in [1.29, 1.82) is 0 Å². The predicted octanol–water partition coefficient (Wildman–Crippen LogP) is 2.28. The van der Waals surface area contributed by atoms with Gasteiger partial charge in [-0.1, -0.05) is 12.1 Å². The first-order chi connectivity index (χ1) is 10.1. The second-order valence-corrected chi connectivity index (χ2v) is 6.13. The molecular weight excluding hydrogens is 264 g/mol. The third kappa shape index (κ3) is 3.21. The van der Waals surface area contributed by atoms with E-state index in [0.717, 1.165) is 44.7 Å². The topological polar surface area (TPSA) is 41.6 Å². The van der Waals surface area contributed by atoms with Gasteiger partial charge in [-0.05, 0) is 37.0 Å². The van der Waals surface area contributed by atoms with Crippen molar-refractivity contribution in [3.63, 3.8) is 0 Å². The maximum atomic E-state index is 11.4. The highest BCUT2D eigenvalue weighted by atomic mass is 16.5. The molecule has 1 aromatic rings. The van der Waals surface area contributed by atoms with Crippen LogP contribution < -0.4 is 10.1 Å². The SMILES string of the molecule is CC(=O)N1CCC(N[C@@H](C)c2ccc3c(c2)CCO3)CC1. The second kappa shape index (κ2) is 6.06. The Kier molecular flexibility index (Phi) is 4.15. The first-order valence-electron chi connectivity index (χ1n) is 7.90. The molecule has 0 aromatic heterocycles. The van der Waals surface area contributed by atoms with Crippen molar-refractivity contribution in [3.8, 4) is 5.75 Å². The van der Waals surface area contributed by atoms with Gasteiger partial charge in [-0.25, -0.2) is 0 Å². The van der Waals surface area contributed by atoms with E-state index in [2.05, 4.69) is 30.4 Å². The molecule has 3 rings (SSSR count). The smallest absolute Gasteiger partial charge is 0.219 e. The molecule has 114 valence electrons. The van der Waals surface area contributed by atoms with E-state index in [1.807, 2.05) is 4.90 Å². The fraction of sp³-hybridized carbons (Fsp3) is 0.588. The van der Waals surface area contributed by atoms with E-state index in [9.17, 15) is 4.79 Å². The summed E-state index contributed by atoms with van der Waals surface area (Å²) in [6.45, 7) is 6.43. The molecule has 2 heterocycles. The number of likely N-dealkylation sites (tertiary alicyclic amines) is 1. The quantitative estimate of drug-likeness (QED) is 0.928. The van der Waals surface area contributed by atoms with Crippen LogP contribution in [0.3, 0.4) is 0 Å². The number of amides is 1. The highest BCUT2D eigenvalue weighted by Crippen LogP contribution is 2.28. The average molecular weight is 288 g/mol. The van der Waals surface area contributed by atoms with Gasteiger partial charge in [0, 0.05) is 38.5 Å². The van der Waals surface area contributed by atoms with Gasteiger partial charge in [0.1, 0.15) is 5.75 Å². The van der Waals surface area contributed by atoms with Crippen LogP contribution >= 0.6 is 0 Å². The van der Waals surface area contributed by atoms with Gasteiger partial charge in [0.05, 0.1) is 6.61 Å². The van der Waals surface area contributed by atoms with Crippen molar-refractivity contribution in [2.75, 3.05) is 19.7 Å². The zero-order valence-electron chi connectivity index (χ0n) is 12.9. The molecule has 0 aliphatic carbocycles. The normalized spacial score (nSPS) is 20.0. The average Bonchev–Trinajstić information content (AvgIpc) is 2.95. The van der Waals surface area contributed by atoms with E-state index in [1.54, 1.807) is 6.92 Å². The standard InChI is InChI=1S/C17H24N2O2/c1-12(14-3-4-17-15(11-14)7-10-21-17)18-16-5-8-19(9-6-16)13(2)20/h3-4,11-12,16,18H,5-10H2,1-2H3/t12-/m0/s1. The molecule has 21 heavy (non-hydrogen) atoms. The van der Waals surface area contributed by atoms with E-state index in [-0.39, 0.29) is 5.91 Å². The van der Waals surface area contributed by atoms with E-state index in [0.29, 0.717) is 12.1 Å². The number of nitrogens with one attached hydrogen (secondary N) is 1. The lowest BCUT2D eigenvalue weighted by atomic mass is 10.00. The number of hydrogen-bond donors (Lipinski definition) is 1. The number of rotatable bonds is 3. The fourth-order valence-electron chi connectivity index (χ4n) is 3.29.